The normalized spacial score (nSPS) is 22.5. The average molecular weight is 514 g/mol. The molecule has 2 amide bonds. The lowest BCUT2D eigenvalue weighted by Gasteiger charge is -2.49. The Bertz CT molecular complexity index is 1250. The lowest BCUT2D eigenvalue weighted by molar-refractivity contribution is -0.136. The predicted molar refractivity (Wildman–Crippen MR) is 133 cm³/mol. The zero-order valence-electron chi connectivity index (χ0n) is 19.2. The molecule has 3 aromatic rings. The van der Waals surface area contributed by atoms with Gasteiger partial charge in [0.15, 0.2) is 0 Å². The monoisotopic (exact) mass is 513 g/mol. The first-order valence-corrected chi connectivity index (χ1v) is 12.3. The molecule has 2 aromatic carbocycles. The van der Waals surface area contributed by atoms with Crippen molar-refractivity contribution in [2.45, 2.75) is 32.3 Å². The highest BCUT2D eigenvalue weighted by Crippen LogP contribution is 2.42. The van der Waals surface area contributed by atoms with Crippen molar-refractivity contribution in [3.05, 3.63) is 76.1 Å². The first-order chi connectivity index (χ1) is 16.8. The molecule has 0 radical (unpaired) electrons. The maximum absolute atomic E-state index is 14.0. The van der Waals surface area contributed by atoms with Crippen LogP contribution in [0.25, 0.3) is 0 Å². The van der Waals surface area contributed by atoms with E-state index in [-0.39, 0.29) is 30.2 Å². The molecule has 0 bridgehead atoms. The van der Waals surface area contributed by atoms with Gasteiger partial charge in [0.05, 0.1) is 17.7 Å². The third kappa shape index (κ3) is 4.88. The van der Waals surface area contributed by atoms with Crippen LogP contribution >= 0.6 is 23.2 Å². The van der Waals surface area contributed by atoms with Gasteiger partial charge in [0, 0.05) is 41.3 Å². The average Bonchev–Trinajstić information content (AvgIpc) is 3.28. The van der Waals surface area contributed by atoms with Crippen LogP contribution in [0.1, 0.15) is 35.5 Å². The predicted octanol–water partition coefficient (Wildman–Crippen LogP) is 5.40. The Morgan fingerprint density at radius 2 is 1.94 bits per heavy atom. The zero-order chi connectivity index (χ0) is 24.6. The number of amides is 2. The molecule has 1 spiro atoms. The quantitative estimate of drug-likeness (QED) is 0.466. The van der Waals surface area contributed by atoms with E-state index in [9.17, 15) is 9.59 Å². The highest BCUT2D eigenvalue weighted by molar-refractivity contribution is 6.31. The SMILES string of the molecule is Cc1cc(C(=O)N2CCC[C@@]3(C[C@@H](Oc4cccc(Cl)c4)CN(c4ccc(Cl)cc4)C3=O)C2)on1. The summed E-state index contributed by atoms with van der Waals surface area (Å²) < 4.78 is 11.5. The highest BCUT2D eigenvalue weighted by atomic mass is 35.5. The first-order valence-electron chi connectivity index (χ1n) is 11.6. The smallest absolute Gasteiger partial charge is 0.292 e. The van der Waals surface area contributed by atoms with Gasteiger partial charge in [-0.3, -0.25) is 9.59 Å². The number of aryl methyl sites for hydroxylation is 1. The Balaban J connectivity index is 1.46. The van der Waals surface area contributed by atoms with Crippen molar-refractivity contribution in [2.75, 3.05) is 24.5 Å². The van der Waals surface area contributed by atoms with E-state index in [4.69, 9.17) is 32.5 Å². The number of ether oxygens (including phenoxy) is 1. The summed E-state index contributed by atoms with van der Waals surface area (Å²) in [7, 11) is 0. The van der Waals surface area contributed by atoms with Crippen LogP contribution in [0.4, 0.5) is 5.69 Å². The summed E-state index contributed by atoms with van der Waals surface area (Å²) in [4.78, 5) is 30.6. The number of benzene rings is 2. The van der Waals surface area contributed by atoms with E-state index in [1.165, 1.54) is 0 Å². The number of anilines is 1. The number of halogens is 2. The van der Waals surface area contributed by atoms with Gasteiger partial charge in [-0.05, 0) is 62.2 Å². The Hall–Kier alpha value is -3.03. The molecule has 0 unspecified atom stereocenters. The van der Waals surface area contributed by atoms with Gasteiger partial charge in [-0.25, -0.2) is 0 Å². The van der Waals surface area contributed by atoms with Crippen LogP contribution in [0.3, 0.4) is 0 Å². The third-order valence-corrected chi connectivity index (χ3v) is 7.13. The van der Waals surface area contributed by atoms with E-state index >= 15 is 0 Å². The van der Waals surface area contributed by atoms with Gasteiger partial charge >= 0.3 is 0 Å². The van der Waals surface area contributed by atoms with Gasteiger partial charge in [-0.2, -0.15) is 0 Å². The van der Waals surface area contributed by atoms with Gasteiger partial charge in [-0.1, -0.05) is 34.4 Å². The van der Waals surface area contributed by atoms with Crippen molar-refractivity contribution < 1.29 is 18.8 Å². The standard InChI is InChI=1S/C26H25Cl2N3O4/c1-17-12-23(35-29-17)24(32)30-11-3-10-26(16-30)14-22(34-21-5-2-4-19(28)13-21)15-31(25(26)33)20-8-6-18(27)7-9-20/h2,4-9,12-13,22H,3,10-11,14-16H2,1H3/t22-,26-/m1/s1. The fourth-order valence-electron chi connectivity index (χ4n) is 5.08. The Labute approximate surface area is 213 Å². The molecule has 7 nitrogen and oxygen atoms in total. The Morgan fingerprint density at radius 1 is 1.14 bits per heavy atom. The molecule has 0 N–H and O–H groups in total. The second kappa shape index (κ2) is 9.55. The van der Waals surface area contributed by atoms with E-state index in [0.717, 1.165) is 5.69 Å². The lowest BCUT2D eigenvalue weighted by Crippen LogP contribution is -2.61. The molecule has 0 aliphatic carbocycles. The van der Waals surface area contributed by atoms with E-state index in [0.29, 0.717) is 53.8 Å². The van der Waals surface area contributed by atoms with Crippen LogP contribution in [-0.4, -0.2) is 47.6 Å². The van der Waals surface area contributed by atoms with Gasteiger partial charge < -0.3 is 19.1 Å². The van der Waals surface area contributed by atoms with Crippen LogP contribution in [0.2, 0.25) is 10.0 Å². The van der Waals surface area contributed by atoms with Gasteiger partial charge in [0.1, 0.15) is 11.9 Å². The van der Waals surface area contributed by atoms with Crippen molar-refractivity contribution in [3.63, 3.8) is 0 Å². The molecule has 5 rings (SSSR count). The number of likely N-dealkylation sites (tertiary alicyclic amines) is 1. The first kappa shape index (κ1) is 23.7. The van der Waals surface area contributed by atoms with E-state index in [2.05, 4.69) is 5.16 Å². The van der Waals surface area contributed by atoms with Gasteiger partial charge in [-0.15, -0.1) is 0 Å². The molecular formula is C26H25Cl2N3O4. The van der Waals surface area contributed by atoms with Crippen LogP contribution in [0.5, 0.6) is 5.75 Å². The number of carbonyl (C=O) groups excluding carboxylic acids is 2. The number of rotatable bonds is 4. The second-order valence-corrected chi connectivity index (χ2v) is 10.1. The molecule has 3 heterocycles. The van der Waals surface area contributed by atoms with Crippen molar-refractivity contribution >= 4 is 40.7 Å². The number of carbonyl (C=O) groups is 2. The summed E-state index contributed by atoms with van der Waals surface area (Å²) >= 11 is 12.3. The highest BCUT2D eigenvalue weighted by Gasteiger charge is 2.51. The number of aromatic nitrogens is 1. The summed E-state index contributed by atoms with van der Waals surface area (Å²) in [5.74, 6) is 0.554. The van der Waals surface area contributed by atoms with Crippen molar-refractivity contribution in [3.8, 4) is 5.75 Å². The maximum atomic E-state index is 14.0. The third-order valence-electron chi connectivity index (χ3n) is 6.64. The fraction of sp³-hybridized carbons (Fsp3) is 0.346. The van der Waals surface area contributed by atoms with Gasteiger partial charge in [0.2, 0.25) is 11.7 Å². The molecule has 2 atom stereocenters. The minimum atomic E-state index is -0.788. The summed E-state index contributed by atoms with van der Waals surface area (Å²) in [6.07, 6.45) is 1.55. The zero-order valence-corrected chi connectivity index (χ0v) is 20.8. The molecule has 1 aromatic heterocycles. The topological polar surface area (TPSA) is 75.9 Å². The summed E-state index contributed by atoms with van der Waals surface area (Å²) in [5.41, 5.74) is 0.592. The largest absolute Gasteiger partial charge is 0.488 e. The molecular weight excluding hydrogens is 489 g/mol. The van der Waals surface area contributed by atoms with E-state index in [1.807, 2.05) is 24.3 Å². The molecule has 35 heavy (non-hydrogen) atoms. The number of piperidine rings is 2. The van der Waals surface area contributed by atoms with Crippen LogP contribution in [-0.2, 0) is 4.79 Å². The van der Waals surface area contributed by atoms with E-state index < -0.39 is 5.41 Å². The van der Waals surface area contributed by atoms with Crippen molar-refractivity contribution in [2.24, 2.45) is 5.41 Å². The summed E-state index contributed by atoms with van der Waals surface area (Å²) in [6.45, 7) is 2.98. The van der Waals surface area contributed by atoms with Gasteiger partial charge in [0.25, 0.3) is 5.91 Å². The molecule has 9 heteroatoms. The fourth-order valence-corrected chi connectivity index (χ4v) is 5.39. The molecule has 182 valence electrons. The molecule has 0 saturated carbocycles. The van der Waals surface area contributed by atoms with E-state index in [1.54, 1.807) is 47.1 Å². The molecule has 2 fully saturated rings. The Kier molecular flexibility index (Phi) is 6.47. The molecule has 2 saturated heterocycles. The summed E-state index contributed by atoms with van der Waals surface area (Å²) in [5, 5.41) is 5.01. The molecule has 2 aliphatic rings. The molecule has 2 aliphatic heterocycles. The summed E-state index contributed by atoms with van der Waals surface area (Å²) in [6, 6.07) is 16.1. The minimum Gasteiger partial charge on any atom is -0.488 e. The number of hydrogen-bond donors (Lipinski definition) is 0. The van der Waals surface area contributed by atoms with Crippen molar-refractivity contribution in [1.29, 1.82) is 0 Å². The van der Waals surface area contributed by atoms with Crippen LogP contribution in [0.15, 0.2) is 59.1 Å². The Morgan fingerprint density at radius 3 is 2.66 bits per heavy atom. The number of nitrogens with zero attached hydrogens (tertiary/aromatic N) is 3. The lowest BCUT2D eigenvalue weighted by atomic mass is 9.71. The minimum absolute atomic E-state index is 0.0167. The van der Waals surface area contributed by atoms with Crippen LogP contribution < -0.4 is 9.64 Å². The maximum Gasteiger partial charge on any atom is 0.292 e. The van der Waals surface area contributed by atoms with Crippen LogP contribution in [0, 0.1) is 12.3 Å². The second-order valence-electron chi connectivity index (χ2n) is 9.24. The van der Waals surface area contributed by atoms with Crippen molar-refractivity contribution in [1.82, 2.24) is 10.1 Å². The number of hydrogen-bond acceptors (Lipinski definition) is 5.